The minimum Gasteiger partial charge on any atom is -0.393 e. The lowest BCUT2D eigenvalue weighted by Crippen LogP contribution is -2.23. The third kappa shape index (κ3) is 1.22. The lowest BCUT2D eigenvalue weighted by molar-refractivity contribution is -0.154. The van der Waals surface area contributed by atoms with Crippen molar-refractivity contribution in [2.45, 2.75) is 25.4 Å². The number of esters is 2. The number of rotatable bonds is 1. The van der Waals surface area contributed by atoms with E-state index in [1.165, 1.54) is 0 Å². The first kappa shape index (κ1) is 7.73. The van der Waals surface area contributed by atoms with Crippen molar-refractivity contribution >= 4 is 11.9 Å². The maximum absolute atomic E-state index is 11.0. The topological polar surface area (TPSA) is 52.6 Å². The second-order valence-corrected chi connectivity index (χ2v) is 3.16. The molecule has 2 aliphatic heterocycles. The summed E-state index contributed by atoms with van der Waals surface area (Å²) in [5.74, 6) is -1.16. The van der Waals surface area contributed by atoms with E-state index in [9.17, 15) is 9.59 Å². The number of hydrogen-bond donors (Lipinski definition) is 0. The second kappa shape index (κ2) is 2.86. The quantitative estimate of drug-likeness (QED) is 0.418. The van der Waals surface area contributed by atoms with Crippen LogP contribution in [0.25, 0.3) is 0 Å². The smallest absolute Gasteiger partial charge is 0.319 e. The molecule has 0 aromatic carbocycles. The highest BCUT2D eigenvalue weighted by Crippen LogP contribution is 2.28. The number of hydrogen-bond acceptors (Lipinski definition) is 4. The molecule has 0 amide bonds. The number of carbonyl (C=O) groups is 2. The summed E-state index contributed by atoms with van der Waals surface area (Å²) in [5, 5.41) is 0. The minimum atomic E-state index is -0.416. The van der Waals surface area contributed by atoms with Crippen LogP contribution in [0.15, 0.2) is 0 Å². The van der Waals surface area contributed by atoms with Crippen LogP contribution in [0, 0.1) is 5.92 Å². The van der Waals surface area contributed by atoms with E-state index in [0.717, 1.165) is 12.8 Å². The number of ether oxygens (including phenoxy) is 2. The van der Waals surface area contributed by atoms with E-state index in [1.807, 2.05) is 0 Å². The summed E-state index contributed by atoms with van der Waals surface area (Å²) in [7, 11) is 0. The van der Waals surface area contributed by atoms with Gasteiger partial charge in [0.2, 0.25) is 0 Å². The molecule has 0 unspecified atom stereocenters. The Morgan fingerprint density at radius 1 is 1.33 bits per heavy atom. The summed E-state index contributed by atoms with van der Waals surface area (Å²) in [6, 6.07) is 0. The van der Waals surface area contributed by atoms with Crippen molar-refractivity contribution in [2.24, 2.45) is 5.92 Å². The molecule has 66 valence electrons. The highest BCUT2D eigenvalue weighted by Gasteiger charge is 2.40. The Bertz CT molecular complexity index is 217. The molecule has 4 nitrogen and oxygen atoms in total. The molecule has 2 aliphatic rings. The zero-order valence-corrected chi connectivity index (χ0v) is 6.62. The Hall–Kier alpha value is -0.900. The van der Waals surface area contributed by atoms with E-state index in [-0.39, 0.29) is 18.4 Å². The number of carbonyl (C=O) groups excluding carboxylic acids is 2. The van der Waals surface area contributed by atoms with Gasteiger partial charge in [0.15, 0.2) is 0 Å². The molecule has 0 radical (unpaired) electrons. The molecule has 12 heavy (non-hydrogen) atoms. The summed E-state index contributed by atoms with van der Waals surface area (Å²) >= 11 is 0. The van der Waals surface area contributed by atoms with Crippen molar-refractivity contribution < 1.29 is 19.1 Å². The number of cyclic esters (lactones) is 2. The van der Waals surface area contributed by atoms with Crippen LogP contribution in [0.1, 0.15) is 19.3 Å². The third-order valence-electron chi connectivity index (χ3n) is 2.32. The van der Waals surface area contributed by atoms with E-state index >= 15 is 0 Å². The second-order valence-electron chi connectivity index (χ2n) is 3.16. The van der Waals surface area contributed by atoms with Crippen molar-refractivity contribution in [3.8, 4) is 0 Å². The molecule has 0 aliphatic carbocycles. The Morgan fingerprint density at radius 3 is 2.67 bits per heavy atom. The van der Waals surface area contributed by atoms with Gasteiger partial charge >= 0.3 is 11.9 Å². The zero-order chi connectivity index (χ0) is 8.55. The molecular formula is C8H10O4. The fraction of sp³-hybridized carbons (Fsp3) is 0.750. The maximum Gasteiger partial charge on any atom is 0.319 e. The van der Waals surface area contributed by atoms with Crippen molar-refractivity contribution in [2.75, 3.05) is 6.61 Å². The molecule has 0 saturated carbocycles. The van der Waals surface area contributed by atoms with E-state index < -0.39 is 11.9 Å². The Kier molecular flexibility index (Phi) is 1.84. The lowest BCUT2D eigenvalue weighted by atomic mass is 9.99. The lowest BCUT2D eigenvalue weighted by Gasteiger charge is -2.11. The summed E-state index contributed by atoms with van der Waals surface area (Å²) in [6.07, 6.45) is 1.96. The van der Waals surface area contributed by atoms with E-state index in [4.69, 9.17) is 4.74 Å². The van der Waals surface area contributed by atoms with Crippen LogP contribution in [0.3, 0.4) is 0 Å². The first-order valence-corrected chi connectivity index (χ1v) is 4.13. The normalized spacial score (nSPS) is 35.7. The van der Waals surface area contributed by atoms with Crippen LogP contribution >= 0.6 is 0 Å². The van der Waals surface area contributed by atoms with Gasteiger partial charge in [0.1, 0.15) is 0 Å². The van der Waals surface area contributed by atoms with Crippen molar-refractivity contribution in [1.82, 2.24) is 0 Å². The molecule has 2 heterocycles. The molecular weight excluding hydrogens is 160 g/mol. The molecule has 4 heteroatoms. The van der Waals surface area contributed by atoms with Crippen LogP contribution in [-0.4, -0.2) is 24.6 Å². The molecule has 0 bridgehead atoms. The van der Waals surface area contributed by atoms with Crippen LogP contribution in [0.4, 0.5) is 0 Å². The van der Waals surface area contributed by atoms with Crippen molar-refractivity contribution in [3.05, 3.63) is 0 Å². The molecule has 0 aromatic heterocycles. The molecule has 0 N–H and O–H groups in total. The van der Waals surface area contributed by atoms with E-state index in [1.54, 1.807) is 0 Å². The SMILES string of the molecule is O=C1C[C@H]([C@@H]2CCCO2)C(=O)O1. The standard InChI is InChI=1S/C8H10O4/c9-7-4-5(8(10)12-7)6-2-1-3-11-6/h5-6H,1-4H2/t5-,6+/m1/s1. The van der Waals surface area contributed by atoms with E-state index in [2.05, 4.69) is 4.74 Å². The highest BCUT2D eigenvalue weighted by molar-refractivity contribution is 5.94. The van der Waals surface area contributed by atoms with Crippen molar-refractivity contribution in [1.29, 1.82) is 0 Å². The molecule has 2 saturated heterocycles. The Labute approximate surface area is 69.8 Å². The summed E-state index contributed by atoms with van der Waals surface area (Å²) in [5.41, 5.74) is 0. The van der Waals surface area contributed by atoms with Gasteiger partial charge in [-0.3, -0.25) is 9.59 Å². The van der Waals surface area contributed by atoms with Crippen LogP contribution in [-0.2, 0) is 19.1 Å². The van der Waals surface area contributed by atoms with Gasteiger partial charge in [0.05, 0.1) is 18.4 Å². The van der Waals surface area contributed by atoms with Gasteiger partial charge in [-0.25, -0.2) is 0 Å². The largest absolute Gasteiger partial charge is 0.393 e. The predicted molar refractivity (Wildman–Crippen MR) is 38.2 cm³/mol. The average Bonchev–Trinajstić information content (AvgIpc) is 2.58. The summed E-state index contributed by atoms with van der Waals surface area (Å²) < 4.78 is 9.73. The molecule has 0 aromatic rings. The summed E-state index contributed by atoms with van der Waals surface area (Å²) in [6.45, 7) is 0.697. The summed E-state index contributed by atoms with van der Waals surface area (Å²) in [4.78, 5) is 21.8. The minimum absolute atomic E-state index is 0.0797. The predicted octanol–water partition coefficient (Wildman–Crippen LogP) is 0.255. The molecule has 2 fully saturated rings. The Morgan fingerprint density at radius 2 is 2.17 bits per heavy atom. The molecule has 2 rings (SSSR count). The fourth-order valence-corrected chi connectivity index (χ4v) is 1.70. The fourth-order valence-electron chi connectivity index (χ4n) is 1.70. The van der Waals surface area contributed by atoms with Gasteiger partial charge in [0.25, 0.3) is 0 Å². The van der Waals surface area contributed by atoms with Gasteiger partial charge in [-0.05, 0) is 12.8 Å². The van der Waals surface area contributed by atoms with Crippen LogP contribution in [0.5, 0.6) is 0 Å². The molecule has 0 spiro atoms. The van der Waals surface area contributed by atoms with Crippen LogP contribution in [0.2, 0.25) is 0 Å². The maximum atomic E-state index is 11.0. The molecule has 2 atom stereocenters. The Balaban J connectivity index is 2.03. The van der Waals surface area contributed by atoms with E-state index in [0.29, 0.717) is 6.61 Å². The van der Waals surface area contributed by atoms with Gasteiger partial charge in [-0.1, -0.05) is 0 Å². The van der Waals surface area contributed by atoms with Gasteiger partial charge in [-0.2, -0.15) is 0 Å². The average molecular weight is 170 g/mol. The first-order chi connectivity index (χ1) is 5.77. The monoisotopic (exact) mass is 170 g/mol. The first-order valence-electron chi connectivity index (χ1n) is 4.13. The van der Waals surface area contributed by atoms with Gasteiger partial charge in [-0.15, -0.1) is 0 Å². The van der Waals surface area contributed by atoms with Crippen LogP contribution < -0.4 is 0 Å². The zero-order valence-electron chi connectivity index (χ0n) is 6.62. The van der Waals surface area contributed by atoms with Crippen molar-refractivity contribution in [3.63, 3.8) is 0 Å². The highest BCUT2D eigenvalue weighted by atomic mass is 16.6. The van der Waals surface area contributed by atoms with Gasteiger partial charge < -0.3 is 9.47 Å². The third-order valence-corrected chi connectivity index (χ3v) is 2.32. The van der Waals surface area contributed by atoms with Gasteiger partial charge in [0, 0.05) is 6.61 Å².